The van der Waals surface area contributed by atoms with E-state index in [1.807, 2.05) is 0 Å². The molecule has 134 valence electrons. The van der Waals surface area contributed by atoms with Crippen molar-refractivity contribution >= 4 is 5.97 Å². The minimum Gasteiger partial charge on any atom is -0.458 e. The van der Waals surface area contributed by atoms with Crippen molar-refractivity contribution in [2.75, 3.05) is 0 Å². The molecule has 0 aromatic rings. The minimum atomic E-state index is -0.208. The van der Waals surface area contributed by atoms with Gasteiger partial charge in [0.1, 0.15) is 6.10 Å². The van der Waals surface area contributed by atoms with Crippen LogP contribution < -0.4 is 0 Å². The van der Waals surface area contributed by atoms with Gasteiger partial charge in [0.15, 0.2) is 0 Å². The molecule has 0 heterocycles. The van der Waals surface area contributed by atoms with Crippen molar-refractivity contribution in [3.8, 4) is 0 Å². The largest absolute Gasteiger partial charge is 0.458 e. The third kappa shape index (κ3) is 7.81. The predicted octanol–water partition coefficient (Wildman–Crippen LogP) is 6.30. The second-order valence-electron chi connectivity index (χ2n) is 7.31. The topological polar surface area (TPSA) is 26.3 Å². The number of hydrogen-bond donors (Lipinski definition) is 0. The summed E-state index contributed by atoms with van der Waals surface area (Å²) in [6.45, 7) is 12.4. The van der Waals surface area contributed by atoms with E-state index < -0.39 is 0 Å². The Kier molecular flexibility index (Phi) is 8.81. The summed E-state index contributed by atoms with van der Waals surface area (Å²) < 4.78 is 5.66. The van der Waals surface area contributed by atoms with Crippen molar-refractivity contribution in [3.63, 3.8) is 0 Å². The molecule has 1 atom stereocenters. The highest BCUT2D eigenvalue weighted by molar-refractivity contribution is 5.66. The van der Waals surface area contributed by atoms with Crippen LogP contribution in [0.3, 0.4) is 0 Å². The van der Waals surface area contributed by atoms with Crippen LogP contribution in [0.5, 0.6) is 0 Å². The van der Waals surface area contributed by atoms with Gasteiger partial charge in [-0.2, -0.15) is 0 Å². The van der Waals surface area contributed by atoms with E-state index in [9.17, 15) is 4.79 Å². The third-order valence-corrected chi connectivity index (χ3v) is 4.48. The van der Waals surface area contributed by atoms with E-state index in [2.05, 4.69) is 58.9 Å². The van der Waals surface area contributed by atoms with E-state index in [4.69, 9.17) is 4.74 Å². The molecule has 1 aliphatic rings. The lowest BCUT2D eigenvalue weighted by molar-refractivity contribution is -0.144. The first-order valence-corrected chi connectivity index (χ1v) is 9.15. The smallest absolute Gasteiger partial charge is 0.303 e. The molecule has 0 fully saturated rings. The maximum atomic E-state index is 11.6. The molecule has 2 heteroatoms. The molecule has 0 saturated heterocycles. The van der Waals surface area contributed by atoms with Gasteiger partial charge in [0.05, 0.1) is 0 Å². The van der Waals surface area contributed by atoms with Crippen LogP contribution in [0.4, 0.5) is 0 Å². The number of hydrogen-bond acceptors (Lipinski definition) is 2. The van der Waals surface area contributed by atoms with Crippen molar-refractivity contribution in [2.45, 2.75) is 79.8 Å². The SMILES string of the molecule is CC(=O)O[C@H]1C/C(C)=C/CC/C(C)=C/CC/C(C)=C/C=C/1C(C)C. The first kappa shape index (κ1) is 20.5. The highest BCUT2D eigenvalue weighted by atomic mass is 16.5. The Bertz CT molecular complexity index is 544. The summed E-state index contributed by atoms with van der Waals surface area (Å²) in [5.41, 5.74) is 5.31. The van der Waals surface area contributed by atoms with E-state index >= 15 is 0 Å². The normalized spacial score (nSPS) is 29.9. The number of carbonyl (C=O) groups excluding carboxylic acids is 1. The van der Waals surface area contributed by atoms with Gasteiger partial charge in [-0.3, -0.25) is 4.79 Å². The van der Waals surface area contributed by atoms with Crippen molar-refractivity contribution < 1.29 is 9.53 Å². The van der Waals surface area contributed by atoms with Gasteiger partial charge in [-0.05, 0) is 57.9 Å². The molecule has 0 saturated carbocycles. The third-order valence-electron chi connectivity index (χ3n) is 4.48. The van der Waals surface area contributed by atoms with Gasteiger partial charge in [0, 0.05) is 13.3 Å². The molecule has 0 N–H and O–H groups in total. The van der Waals surface area contributed by atoms with Gasteiger partial charge in [-0.15, -0.1) is 0 Å². The van der Waals surface area contributed by atoms with Crippen molar-refractivity contribution in [1.82, 2.24) is 0 Å². The Morgan fingerprint density at radius 1 is 1.00 bits per heavy atom. The zero-order chi connectivity index (χ0) is 18.1. The number of carbonyl (C=O) groups is 1. The average Bonchev–Trinajstić information content (AvgIpc) is 2.45. The second kappa shape index (κ2) is 10.3. The lowest BCUT2D eigenvalue weighted by atomic mass is 9.91. The molecule has 0 spiro atoms. The fourth-order valence-electron chi connectivity index (χ4n) is 2.99. The number of esters is 1. The quantitative estimate of drug-likeness (QED) is 0.438. The van der Waals surface area contributed by atoms with Crippen LogP contribution in [-0.4, -0.2) is 12.1 Å². The summed E-state index contributed by atoms with van der Waals surface area (Å²) in [6, 6.07) is 0. The Labute approximate surface area is 148 Å². The van der Waals surface area contributed by atoms with Crippen LogP contribution in [0, 0.1) is 5.92 Å². The molecule has 0 aromatic carbocycles. The van der Waals surface area contributed by atoms with Crippen LogP contribution in [0.1, 0.15) is 73.6 Å². The Hall–Kier alpha value is -1.57. The standard InChI is InChI=1S/C22H34O2/c1-16(2)21-14-13-18(4)11-7-9-17(3)10-8-12-19(5)15-22(21)24-20(6)23/h9,12-14,16,22H,7-8,10-11,15H2,1-6H3/b17-9+,18-13+,19-12+,21-14+/t22-/m0/s1. The van der Waals surface area contributed by atoms with Crippen molar-refractivity contribution in [3.05, 3.63) is 46.6 Å². The summed E-state index contributed by atoms with van der Waals surface area (Å²) in [5.74, 6) is 0.140. The van der Waals surface area contributed by atoms with Gasteiger partial charge < -0.3 is 4.74 Å². The van der Waals surface area contributed by atoms with Crippen LogP contribution in [-0.2, 0) is 9.53 Å². The molecule has 0 unspecified atom stereocenters. The Balaban J connectivity index is 3.17. The van der Waals surface area contributed by atoms with Crippen LogP contribution in [0.25, 0.3) is 0 Å². The minimum absolute atomic E-state index is 0.164. The molecule has 0 bridgehead atoms. The lowest BCUT2D eigenvalue weighted by Gasteiger charge is -2.23. The zero-order valence-electron chi connectivity index (χ0n) is 16.3. The number of ether oxygens (including phenoxy) is 1. The van der Waals surface area contributed by atoms with Gasteiger partial charge in [-0.1, -0.05) is 54.9 Å². The molecular weight excluding hydrogens is 296 g/mol. The van der Waals surface area contributed by atoms with Gasteiger partial charge in [-0.25, -0.2) is 0 Å². The summed E-state index contributed by atoms with van der Waals surface area (Å²) in [6.07, 6.45) is 14.0. The van der Waals surface area contributed by atoms with Crippen LogP contribution in [0.2, 0.25) is 0 Å². The first-order chi connectivity index (χ1) is 11.3. The molecule has 1 rings (SSSR count). The number of rotatable bonds is 2. The molecular formula is C22H34O2. The molecule has 2 nitrogen and oxygen atoms in total. The Morgan fingerprint density at radius 2 is 1.58 bits per heavy atom. The van der Waals surface area contributed by atoms with Gasteiger partial charge in [0.25, 0.3) is 0 Å². The fourth-order valence-corrected chi connectivity index (χ4v) is 2.99. The molecule has 0 radical (unpaired) electrons. The Morgan fingerprint density at radius 3 is 2.17 bits per heavy atom. The summed E-state index contributed by atoms with van der Waals surface area (Å²) in [4.78, 5) is 11.6. The highest BCUT2D eigenvalue weighted by Crippen LogP contribution is 2.25. The lowest BCUT2D eigenvalue weighted by Crippen LogP contribution is -2.22. The van der Waals surface area contributed by atoms with E-state index in [0.29, 0.717) is 5.92 Å². The van der Waals surface area contributed by atoms with Crippen LogP contribution in [0.15, 0.2) is 46.6 Å². The van der Waals surface area contributed by atoms with Gasteiger partial charge >= 0.3 is 5.97 Å². The van der Waals surface area contributed by atoms with E-state index in [-0.39, 0.29) is 12.1 Å². The van der Waals surface area contributed by atoms with E-state index in [1.165, 1.54) is 29.2 Å². The monoisotopic (exact) mass is 330 g/mol. The zero-order valence-corrected chi connectivity index (χ0v) is 16.3. The summed E-state index contributed by atoms with van der Waals surface area (Å²) >= 11 is 0. The van der Waals surface area contributed by atoms with Crippen LogP contribution >= 0.6 is 0 Å². The summed E-state index contributed by atoms with van der Waals surface area (Å²) in [5, 5.41) is 0. The van der Waals surface area contributed by atoms with Crippen molar-refractivity contribution in [1.29, 1.82) is 0 Å². The number of allylic oxidation sites excluding steroid dienone is 6. The molecule has 1 aliphatic carbocycles. The summed E-state index contributed by atoms with van der Waals surface area (Å²) in [7, 11) is 0. The van der Waals surface area contributed by atoms with E-state index in [1.54, 1.807) is 0 Å². The second-order valence-corrected chi connectivity index (χ2v) is 7.31. The molecule has 0 amide bonds. The first-order valence-electron chi connectivity index (χ1n) is 9.15. The molecule has 24 heavy (non-hydrogen) atoms. The predicted molar refractivity (Wildman–Crippen MR) is 103 cm³/mol. The fraction of sp³-hybridized carbons (Fsp3) is 0.591. The van der Waals surface area contributed by atoms with E-state index in [0.717, 1.165) is 32.1 Å². The average molecular weight is 331 g/mol. The highest BCUT2D eigenvalue weighted by Gasteiger charge is 2.20. The van der Waals surface area contributed by atoms with Gasteiger partial charge in [0.2, 0.25) is 0 Å². The van der Waals surface area contributed by atoms with Crippen molar-refractivity contribution in [2.24, 2.45) is 5.92 Å². The maximum Gasteiger partial charge on any atom is 0.303 e. The molecule has 0 aromatic heterocycles. The molecule has 0 aliphatic heterocycles. The maximum absolute atomic E-state index is 11.6.